The van der Waals surface area contributed by atoms with Crippen LogP contribution in [0.15, 0.2) is 12.2 Å². The summed E-state index contributed by atoms with van der Waals surface area (Å²) >= 11 is 0. The van der Waals surface area contributed by atoms with Crippen molar-refractivity contribution in [2.24, 2.45) is 0 Å². The van der Waals surface area contributed by atoms with Crippen LogP contribution in [-0.4, -0.2) is 66.5 Å². The Morgan fingerprint density at radius 1 is 0.966 bits per heavy atom. The molecular weight excluding hydrogens is 370 g/mol. The zero-order chi connectivity index (χ0) is 22.1. The second-order valence-corrected chi connectivity index (χ2v) is 9.00. The Morgan fingerprint density at radius 2 is 1.59 bits per heavy atom. The van der Waals surface area contributed by atoms with E-state index < -0.39 is 12.1 Å². The van der Waals surface area contributed by atoms with Crippen molar-refractivity contribution in [3.05, 3.63) is 12.2 Å². The van der Waals surface area contributed by atoms with E-state index in [0.29, 0.717) is 11.0 Å². The molecule has 2 N–H and O–H groups in total. The summed E-state index contributed by atoms with van der Waals surface area (Å²) in [6.07, 6.45) is 13.6. The number of nitrogens with zero attached hydrogens (tertiary/aromatic N) is 1. The van der Waals surface area contributed by atoms with Crippen molar-refractivity contribution in [2.45, 2.75) is 96.2 Å². The molecule has 0 saturated heterocycles. The van der Waals surface area contributed by atoms with Crippen molar-refractivity contribution in [1.82, 2.24) is 0 Å². The van der Waals surface area contributed by atoms with E-state index in [2.05, 4.69) is 6.92 Å². The van der Waals surface area contributed by atoms with E-state index in [1.54, 1.807) is 6.08 Å². The van der Waals surface area contributed by atoms with E-state index in [9.17, 15) is 14.7 Å². The molecule has 2 unspecified atom stereocenters. The van der Waals surface area contributed by atoms with Gasteiger partial charge in [0.05, 0.1) is 40.1 Å². The summed E-state index contributed by atoms with van der Waals surface area (Å²) in [4.78, 5) is 22.9. The molecule has 0 aliphatic rings. The van der Waals surface area contributed by atoms with E-state index in [4.69, 9.17) is 9.84 Å². The number of hydrogen-bond donors (Lipinski definition) is 2. The van der Waals surface area contributed by atoms with E-state index in [0.717, 1.165) is 38.5 Å². The quantitative estimate of drug-likeness (QED) is 0.151. The summed E-state index contributed by atoms with van der Waals surface area (Å²) in [6.45, 7) is 2.66. The molecule has 0 aromatic rings. The van der Waals surface area contributed by atoms with Gasteiger partial charge in [0.25, 0.3) is 0 Å². The Kier molecular flexibility index (Phi) is 15.6. The molecule has 170 valence electrons. The predicted molar refractivity (Wildman–Crippen MR) is 117 cm³/mol. The third kappa shape index (κ3) is 19.7. The average molecular weight is 415 g/mol. The molecule has 0 saturated carbocycles. The first-order valence-electron chi connectivity index (χ1n) is 11.2. The summed E-state index contributed by atoms with van der Waals surface area (Å²) in [5.74, 6) is -1.35. The number of carboxylic acid groups (broad SMARTS) is 1. The summed E-state index contributed by atoms with van der Waals surface area (Å²) in [5, 5.41) is 19.0. The van der Waals surface area contributed by atoms with Gasteiger partial charge < -0.3 is 19.4 Å². The number of unbranched alkanes of at least 4 members (excludes halogenated alkanes) is 6. The van der Waals surface area contributed by atoms with Crippen LogP contribution in [0.1, 0.15) is 84.0 Å². The first-order chi connectivity index (χ1) is 13.6. The fourth-order valence-corrected chi connectivity index (χ4v) is 3.25. The summed E-state index contributed by atoms with van der Waals surface area (Å²) in [6, 6.07) is 0. The Balaban J connectivity index is 3.89. The lowest BCUT2D eigenvalue weighted by Gasteiger charge is -2.28. The number of carboxylic acids is 1. The molecule has 29 heavy (non-hydrogen) atoms. The van der Waals surface area contributed by atoms with E-state index in [1.807, 2.05) is 27.2 Å². The van der Waals surface area contributed by atoms with Crippen molar-refractivity contribution >= 4 is 11.9 Å². The Hall–Kier alpha value is -1.40. The topological polar surface area (TPSA) is 83.8 Å². The minimum atomic E-state index is -0.963. The van der Waals surface area contributed by atoms with Crippen LogP contribution in [-0.2, 0) is 14.3 Å². The third-order valence-electron chi connectivity index (χ3n) is 4.70. The number of carbonyl (C=O) groups is 2. The van der Waals surface area contributed by atoms with E-state index in [-0.39, 0.29) is 24.9 Å². The normalized spacial score (nSPS) is 14.1. The molecule has 0 bridgehead atoms. The number of allylic oxidation sites excluding steroid dienone is 1. The molecule has 0 aromatic heterocycles. The van der Waals surface area contributed by atoms with Gasteiger partial charge >= 0.3 is 11.9 Å². The van der Waals surface area contributed by atoms with Crippen LogP contribution in [0.2, 0.25) is 0 Å². The van der Waals surface area contributed by atoms with Crippen molar-refractivity contribution < 1.29 is 29.0 Å². The van der Waals surface area contributed by atoms with Gasteiger partial charge in [-0.1, -0.05) is 57.6 Å². The average Bonchev–Trinajstić information content (AvgIpc) is 2.58. The highest BCUT2D eigenvalue weighted by Crippen LogP contribution is 2.12. The number of likely N-dealkylation sites (N-methyl/N-ethyl adjacent to an activating group) is 1. The lowest BCUT2D eigenvalue weighted by molar-refractivity contribution is -0.873. The van der Waals surface area contributed by atoms with Crippen LogP contribution in [0.4, 0.5) is 0 Å². The van der Waals surface area contributed by atoms with Crippen molar-refractivity contribution in [3.63, 3.8) is 0 Å². The molecule has 0 spiro atoms. The smallest absolute Gasteiger partial charge is 0.310 e. The molecule has 0 heterocycles. The van der Waals surface area contributed by atoms with Crippen LogP contribution in [0.3, 0.4) is 0 Å². The summed E-state index contributed by atoms with van der Waals surface area (Å²) in [5.41, 5.74) is 0. The van der Waals surface area contributed by atoms with Crippen LogP contribution in [0, 0.1) is 0 Å². The molecule has 0 amide bonds. The highest BCUT2D eigenvalue weighted by Gasteiger charge is 2.24. The van der Waals surface area contributed by atoms with Gasteiger partial charge in [-0.3, -0.25) is 9.59 Å². The van der Waals surface area contributed by atoms with Gasteiger partial charge in [0.15, 0.2) is 6.10 Å². The number of esters is 1. The van der Waals surface area contributed by atoms with Crippen LogP contribution in [0.5, 0.6) is 0 Å². The van der Waals surface area contributed by atoms with Gasteiger partial charge in [0.1, 0.15) is 6.54 Å². The van der Waals surface area contributed by atoms with Gasteiger partial charge in [0.2, 0.25) is 0 Å². The van der Waals surface area contributed by atoms with Crippen LogP contribution in [0.25, 0.3) is 0 Å². The fraction of sp³-hybridized carbons (Fsp3) is 0.826. The highest BCUT2D eigenvalue weighted by atomic mass is 16.5. The first kappa shape index (κ1) is 27.6. The van der Waals surface area contributed by atoms with Crippen LogP contribution < -0.4 is 0 Å². The maximum atomic E-state index is 12.0. The third-order valence-corrected chi connectivity index (χ3v) is 4.70. The summed E-state index contributed by atoms with van der Waals surface area (Å²) in [7, 11) is 5.81. The zero-order valence-electron chi connectivity index (χ0n) is 19.1. The Morgan fingerprint density at radius 3 is 2.17 bits per heavy atom. The monoisotopic (exact) mass is 414 g/mol. The molecule has 0 aliphatic heterocycles. The van der Waals surface area contributed by atoms with Gasteiger partial charge in [-0.15, -0.1) is 0 Å². The van der Waals surface area contributed by atoms with Gasteiger partial charge in [-0.25, -0.2) is 0 Å². The molecular formula is C23H44NO5+. The minimum absolute atomic E-state index is 0.160. The lowest BCUT2D eigenvalue weighted by atomic mass is 10.0. The lowest BCUT2D eigenvalue weighted by Crippen LogP contribution is -2.43. The number of carbonyl (C=O) groups excluding carboxylic acids is 1. The Labute approximate surface area is 177 Å². The number of aliphatic hydroxyl groups is 1. The second kappa shape index (κ2) is 16.4. The maximum Gasteiger partial charge on any atom is 0.310 e. The number of aliphatic hydroxyl groups excluding tert-OH is 1. The van der Waals surface area contributed by atoms with Crippen molar-refractivity contribution in [3.8, 4) is 0 Å². The van der Waals surface area contributed by atoms with Crippen molar-refractivity contribution in [1.29, 1.82) is 0 Å². The number of quaternary nitrogens is 1. The molecule has 0 aromatic carbocycles. The predicted octanol–water partition coefficient (Wildman–Crippen LogP) is 4.31. The van der Waals surface area contributed by atoms with E-state index in [1.165, 1.54) is 25.7 Å². The standard InChI is InChI=1S/C23H43NO5/c1-5-6-7-9-12-15-20(25)16-13-10-8-11-14-17-23(28)29-21(18-22(26)27)19-24(2,3)4/h11,14,20-21,25H,5-10,12-13,15-19H2,1-4H3/p+1/b14-11+. The summed E-state index contributed by atoms with van der Waals surface area (Å²) < 4.78 is 5.87. The molecule has 0 radical (unpaired) electrons. The molecule has 6 nitrogen and oxygen atoms in total. The number of hydrogen-bond acceptors (Lipinski definition) is 4. The fourth-order valence-electron chi connectivity index (χ4n) is 3.25. The molecule has 0 rings (SSSR count). The van der Waals surface area contributed by atoms with Crippen molar-refractivity contribution in [2.75, 3.05) is 27.7 Å². The van der Waals surface area contributed by atoms with E-state index >= 15 is 0 Å². The Bertz CT molecular complexity index is 470. The minimum Gasteiger partial charge on any atom is -0.481 e. The van der Waals surface area contributed by atoms with Gasteiger partial charge in [-0.05, 0) is 25.7 Å². The molecule has 0 fully saturated rings. The van der Waals surface area contributed by atoms with Crippen LogP contribution >= 0.6 is 0 Å². The maximum absolute atomic E-state index is 12.0. The highest BCUT2D eigenvalue weighted by molar-refractivity contribution is 5.72. The molecule has 0 aliphatic carbocycles. The second-order valence-electron chi connectivity index (χ2n) is 9.00. The number of ether oxygens (including phenoxy) is 1. The number of rotatable bonds is 18. The first-order valence-corrected chi connectivity index (χ1v) is 11.2. The van der Waals surface area contributed by atoms with Gasteiger partial charge in [0, 0.05) is 0 Å². The number of aliphatic carboxylic acids is 1. The molecule has 6 heteroatoms. The molecule has 2 atom stereocenters. The SMILES string of the molecule is CCCCCCCC(O)CCCC/C=C/CC(=O)OC(CC(=O)O)C[N+](C)(C)C. The zero-order valence-corrected chi connectivity index (χ0v) is 19.1. The largest absolute Gasteiger partial charge is 0.481 e. The van der Waals surface area contributed by atoms with Gasteiger partial charge in [-0.2, -0.15) is 0 Å².